The molecular formula is C24H17FN4OS2. The number of halogens is 1. The molecule has 5 rings (SSSR count). The van der Waals surface area contributed by atoms with Gasteiger partial charge in [-0.25, -0.2) is 9.37 Å². The molecule has 0 fully saturated rings. The fourth-order valence-electron chi connectivity index (χ4n) is 3.61. The van der Waals surface area contributed by atoms with Crippen LogP contribution in [0.2, 0.25) is 0 Å². The van der Waals surface area contributed by atoms with Gasteiger partial charge < -0.3 is 14.4 Å². The molecule has 0 bridgehead atoms. The second kappa shape index (κ2) is 8.91. The number of nitrogens with one attached hydrogen (secondary N) is 1. The zero-order valence-electron chi connectivity index (χ0n) is 16.8. The molecule has 1 aliphatic heterocycles. The van der Waals surface area contributed by atoms with Crippen molar-refractivity contribution in [3.05, 3.63) is 83.6 Å². The van der Waals surface area contributed by atoms with Crippen molar-refractivity contribution in [2.75, 3.05) is 22.8 Å². The Morgan fingerprint density at radius 1 is 1.12 bits per heavy atom. The maximum atomic E-state index is 14.2. The first-order valence-electron chi connectivity index (χ1n) is 9.89. The average Bonchev–Trinajstić information content (AvgIpc) is 3.36. The number of hydrogen-bond donors (Lipinski definition) is 1. The van der Waals surface area contributed by atoms with Crippen LogP contribution in [0.3, 0.4) is 0 Å². The maximum absolute atomic E-state index is 14.2. The highest BCUT2D eigenvalue weighted by Crippen LogP contribution is 2.41. The lowest BCUT2D eigenvalue weighted by Gasteiger charge is -2.32. The predicted octanol–water partition coefficient (Wildman–Crippen LogP) is 6.47. The Hall–Kier alpha value is -3.54. The highest BCUT2D eigenvalue weighted by atomic mass is 32.2. The Bertz CT molecular complexity index is 1300. The number of nitriles is 1. The van der Waals surface area contributed by atoms with Crippen LogP contribution in [-0.2, 0) is 0 Å². The van der Waals surface area contributed by atoms with Crippen LogP contribution in [-0.4, -0.2) is 18.1 Å². The minimum absolute atomic E-state index is 0.308. The van der Waals surface area contributed by atoms with E-state index >= 15 is 0 Å². The van der Waals surface area contributed by atoms with Crippen molar-refractivity contribution in [1.29, 1.82) is 5.26 Å². The Morgan fingerprint density at radius 2 is 2.00 bits per heavy atom. The third kappa shape index (κ3) is 4.00. The third-order valence-corrected chi connectivity index (χ3v) is 6.68. The van der Waals surface area contributed by atoms with Gasteiger partial charge in [0.25, 0.3) is 0 Å². The van der Waals surface area contributed by atoms with Crippen molar-refractivity contribution in [2.24, 2.45) is 0 Å². The van der Waals surface area contributed by atoms with E-state index < -0.39 is 0 Å². The first-order chi connectivity index (χ1) is 15.7. The van der Waals surface area contributed by atoms with Gasteiger partial charge in [-0.1, -0.05) is 24.3 Å². The van der Waals surface area contributed by atoms with Gasteiger partial charge in [0.05, 0.1) is 23.5 Å². The summed E-state index contributed by atoms with van der Waals surface area (Å²) in [7, 11) is 0. The van der Waals surface area contributed by atoms with Gasteiger partial charge in [0.1, 0.15) is 24.2 Å². The van der Waals surface area contributed by atoms with Gasteiger partial charge >= 0.3 is 0 Å². The summed E-state index contributed by atoms with van der Waals surface area (Å²) in [5, 5.41) is 12.6. The molecule has 1 aromatic heterocycles. The van der Waals surface area contributed by atoms with Gasteiger partial charge in [0.15, 0.2) is 5.13 Å². The minimum Gasteiger partial charge on any atom is -0.489 e. The highest BCUT2D eigenvalue weighted by Gasteiger charge is 2.23. The van der Waals surface area contributed by atoms with E-state index in [-0.39, 0.29) is 5.82 Å². The summed E-state index contributed by atoms with van der Waals surface area (Å²) in [6.45, 7) is 1.12. The fraction of sp³-hybridized carbons (Fsp3) is 0.0833. The molecule has 0 aliphatic carbocycles. The normalized spacial score (nSPS) is 12.6. The molecule has 3 aromatic carbocycles. The lowest BCUT2D eigenvalue weighted by molar-refractivity contribution is 0.313. The number of nitrogens with zero attached hydrogens (tertiary/aromatic N) is 3. The summed E-state index contributed by atoms with van der Waals surface area (Å²) in [6, 6.07) is 20.3. The Labute approximate surface area is 193 Å². The van der Waals surface area contributed by atoms with Gasteiger partial charge in [-0.3, -0.25) is 0 Å². The van der Waals surface area contributed by atoms with Gasteiger partial charge in [0, 0.05) is 22.0 Å². The van der Waals surface area contributed by atoms with Crippen molar-refractivity contribution in [1.82, 2.24) is 4.98 Å². The van der Waals surface area contributed by atoms with Gasteiger partial charge in [0.2, 0.25) is 0 Å². The first kappa shape index (κ1) is 20.4. The van der Waals surface area contributed by atoms with Gasteiger partial charge in [-0.05, 0) is 53.9 Å². The van der Waals surface area contributed by atoms with E-state index in [4.69, 9.17) is 4.74 Å². The van der Waals surface area contributed by atoms with Crippen LogP contribution in [0.5, 0.6) is 5.75 Å². The number of fused-ring (bicyclic) bond motifs is 1. The van der Waals surface area contributed by atoms with Crippen LogP contribution in [0.15, 0.2) is 77.1 Å². The molecule has 0 saturated heterocycles. The summed E-state index contributed by atoms with van der Waals surface area (Å²) in [6.07, 6.45) is 1.76. The number of aromatic nitrogens is 1. The Morgan fingerprint density at radius 3 is 2.81 bits per heavy atom. The molecule has 1 N–H and O–H groups in total. The first-order valence-corrected chi connectivity index (χ1v) is 11.6. The fourth-order valence-corrected chi connectivity index (χ4v) is 4.86. The summed E-state index contributed by atoms with van der Waals surface area (Å²) in [4.78, 5) is 7.29. The lowest BCUT2D eigenvalue weighted by Crippen LogP contribution is -2.29. The van der Waals surface area contributed by atoms with Crippen molar-refractivity contribution < 1.29 is 9.13 Å². The van der Waals surface area contributed by atoms with E-state index in [1.54, 1.807) is 30.5 Å². The molecule has 0 atom stereocenters. The molecule has 158 valence electrons. The van der Waals surface area contributed by atoms with E-state index in [2.05, 4.69) is 20.7 Å². The molecule has 4 aromatic rings. The zero-order valence-corrected chi connectivity index (χ0v) is 18.4. The third-order valence-electron chi connectivity index (χ3n) is 5.08. The number of benzene rings is 3. The van der Waals surface area contributed by atoms with Gasteiger partial charge in [-0.15, -0.1) is 11.3 Å². The Balaban J connectivity index is 1.45. The predicted molar refractivity (Wildman–Crippen MR) is 127 cm³/mol. The van der Waals surface area contributed by atoms with Crippen molar-refractivity contribution in [3.8, 4) is 22.9 Å². The molecule has 5 nitrogen and oxygen atoms in total. The largest absolute Gasteiger partial charge is 0.489 e. The second-order valence-electron chi connectivity index (χ2n) is 6.99. The number of ether oxygens (including phenoxy) is 1. The van der Waals surface area contributed by atoms with Crippen LogP contribution < -0.4 is 14.4 Å². The molecule has 0 saturated carbocycles. The van der Waals surface area contributed by atoms with Crippen molar-refractivity contribution in [3.63, 3.8) is 0 Å². The summed E-state index contributed by atoms with van der Waals surface area (Å²) in [5.74, 6) is 0.446. The highest BCUT2D eigenvalue weighted by molar-refractivity contribution is 8.00. The topological polar surface area (TPSA) is 61.2 Å². The van der Waals surface area contributed by atoms with Gasteiger partial charge in [-0.2, -0.15) is 5.26 Å². The SMILES string of the molecule is N#Cc1cc(-c2ccccc2F)ccc1N1CCOc2cc(SNc3nccs3)ccc21. The molecule has 8 heteroatoms. The zero-order chi connectivity index (χ0) is 21.9. The monoisotopic (exact) mass is 460 g/mol. The lowest BCUT2D eigenvalue weighted by atomic mass is 10.0. The van der Waals surface area contributed by atoms with Crippen LogP contribution in [0.4, 0.5) is 20.9 Å². The molecule has 0 amide bonds. The van der Waals surface area contributed by atoms with Crippen molar-refractivity contribution in [2.45, 2.75) is 4.90 Å². The number of anilines is 3. The van der Waals surface area contributed by atoms with Crippen LogP contribution in [0.1, 0.15) is 5.56 Å². The maximum Gasteiger partial charge on any atom is 0.192 e. The molecule has 32 heavy (non-hydrogen) atoms. The summed E-state index contributed by atoms with van der Waals surface area (Å²) >= 11 is 3.00. The van der Waals surface area contributed by atoms with Crippen LogP contribution in [0.25, 0.3) is 11.1 Å². The van der Waals surface area contributed by atoms with Crippen LogP contribution in [0, 0.1) is 17.1 Å². The smallest absolute Gasteiger partial charge is 0.192 e. The average molecular weight is 461 g/mol. The summed E-state index contributed by atoms with van der Waals surface area (Å²) in [5.41, 5.74) is 3.31. The molecule has 1 aliphatic rings. The molecule has 0 spiro atoms. The van der Waals surface area contributed by atoms with E-state index in [0.29, 0.717) is 29.8 Å². The molecule has 2 heterocycles. The summed E-state index contributed by atoms with van der Waals surface area (Å²) < 4.78 is 23.4. The number of thiazole rings is 1. The second-order valence-corrected chi connectivity index (χ2v) is 8.77. The molecule has 0 unspecified atom stereocenters. The molecule has 0 radical (unpaired) electrons. The van der Waals surface area contributed by atoms with E-state index in [1.807, 2.05) is 35.7 Å². The number of rotatable bonds is 5. The number of hydrogen-bond acceptors (Lipinski definition) is 7. The Kier molecular flexibility index (Phi) is 5.67. The van der Waals surface area contributed by atoms with E-state index in [1.165, 1.54) is 29.4 Å². The van der Waals surface area contributed by atoms with Crippen LogP contribution >= 0.6 is 23.3 Å². The quantitative estimate of drug-likeness (QED) is 0.344. The molecular weight excluding hydrogens is 443 g/mol. The van der Waals surface area contributed by atoms with E-state index in [0.717, 1.165) is 27.2 Å². The minimum atomic E-state index is -0.308. The van der Waals surface area contributed by atoms with E-state index in [9.17, 15) is 9.65 Å². The van der Waals surface area contributed by atoms with Crippen molar-refractivity contribution >= 4 is 39.8 Å². The standard InChI is InChI=1S/C24H17FN4OS2/c25-20-4-2-1-3-19(20)16-5-7-21(17(13-16)15-26)29-10-11-30-23-14-18(6-8-22(23)29)32-28-24-27-9-12-31-24/h1-9,12-14H,10-11H2,(H,27,28).